The van der Waals surface area contributed by atoms with Crippen LogP contribution in [0.15, 0.2) is 0 Å². The Balaban J connectivity index is 2.97. The number of hydrogen-bond donors (Lipinski definition) is 1. The summed E-state index contributed by atoms with van der Waals surface area (Å²) in [4.78, 5) is 0. The number of hydrogen-bond acceptors (Lipinski definition) is 3. The molecule has 68 valence electrons. The van der Waals surface area contributed by atoms with Gasteiger partial charge in [-0.3, -0.25) is 0 Å². The summed E-state index contributed by atoms with van der Waals surface area (Å²) in [5.41, 5.74) is 0. The lowest BCUT2D eigenvalue weighted by atomic mass is 10.4. The first-order valence-electron chi connectivity index (χ1n) is 4.11. The standard InChI is InChI=1S/C8H19NOS/c1-4-9-8(2)7-11-6-5-10-3/h8-9H,4-7H2,1-3H3. The Bertz CT molecular complexity index is 80.5. The van der Waals surface area contributed by atoms with E-state index in [1.54, 1.807) is 7.11 Å². The zero-order valence-corrected chi connectivity index (χ0v) is 8.54. The number of methoxy groups -OCH3 is 1. The Labute approximate surface area is 74.1 Å². The van der Waals surface area contributed by atoms with E-state index >= 15 is 0 Å². The predicted octanol–water partition coefficient (Wildman–Crippen LogP) is 1.36. The summed E-state index contributed by atoms with van der Waals surface area (Å²) >= 11 is 1.94. The van der Waals surface area contributed by atoms with Crippen molar-refractivity contribution in [2.75, 3.05) is 31.8 Å². The van der Waals surface area contributed by atoms with Crippen LogP contribution >= 0.6 is 11.8 Å². The lowest BCUT2D eigenvalue weighted by Gasteiger charge is -2.10. The molecule has 1 unspecified atom stereocenters. The molecule has 0 fully saturated rings. The first-order chi connectivity index (χ1) is 5.31. The van der Waals surface area contributed by atoms with Crippen LogP contribution in [0.1, 0.15) is 13.8 Å². The molecule has 0 aliphatic carbocycles. The molecule has 0 radical (unpaired) electrons. The molecule has 1 atom stereocenters. The fourth-order valence-corrected chi connectivity index (χ4v) is 1.73. The molecular formula is C8H19NOS. The fraction of sp³-hybridized carbons (Fsp3) is 1.00. The van der Waals surface area contributed by atoms with E-state index in [-0.39, 0.29) is 0 Å². The second-order valence-corrected chi connectivity index (χ2v) is 3.68. The Morgan fingerprint density at radius 2 is 2.27 bits per heavy atom. The monoisotopic (exact) mass is 177 g/mol. The van der Waals surface area contributed by atoms with E-state index in [9.17, 15) is 0 Å². The maximum absolute atomic E-state index is 4.94. The van der Waals surface area contributed by atoms with Crippen LogP contribution in [0.25, 0.3) is 0 Å². The largest absolute Gasteiger partial charge is 0.384 e. The number of nitrogens with one attached hydrogen (secondary N) is 1. The van der Waals surface area contributed by atoms with Crippen LogP contribution in [0.5, 0.6) is 0 Å². The van der Waals surface area contributed by atoms with E-state index in [4.69, 9.17) is 4.74 Å². The van der Waals surface area contributed by atoms with Gasteiger partial charge in [-0.25, -0.2) is 0 Å². The number of thioether (sulfide) groups is 1. The molecule has 2 nitrogen and oxygen atoms in total. The third kappa shape index (κ3) is 8.17. The highest BCUT2D eigenvalue weighted by atomic mass is 32.2. The van der Waals surface area contributed by atoms with Crippen molar-refractivity contribution in [1.29, 1.82) is 0 Å². The molecule has 0 heterocycles. The average molecular weight is 177 g/mol. The normalized spacial score (nSPS) is 13.4. The highest BCUT2D eigenvalue weighted by molar-refractivity contribution is 7.99. The summed E-state index contributed by atoms with van der Waals surface area (Å²) < 4.78 is 4.94. The van der Waals surface area contributed by atoms with Gasteiger partial charge in [0.2, 0.25) is 0 Å². The minimum absolute atomic E-state index is 0.627. The quantitative estimate of drug-likeness (QED) is 0.593. The molecular weight excluding hydrogens is 158 g/mol. The Kier molecular flexibility index (Phi) is 8.57. The smallest absolute Gasteiger partial charge is 0.0552 e. The van der Waals surface area contributed by atoms with Crippen molar-refractivity contribution in [2.24, 2.45) is 0 Å². The van der Waals surface area contributed by atoms with Gasteiger partial charge in [0.05, 0.1) is 6.61 Å². The second-order valence-electron chi connectivity index (χ2n) is 2.53. The van der Waals surface area contributed by atoms with Crippen LogP contribution in [0.2, 0.25) is 0 Å². The molecule has 0 aromatic rings. The summed E-state index contributed by atoms with van der Waals surface area (Å²) in [5.74, 6) is 2.28. The van der Waals surface area contributed by atoms with Gasteiger partial charge in [-0.05, 0) is 13.5 Å². The summed E-state index contributed by atoms with van der Waals surface area (Å²) in [7, 11) is 1.74. The first kappa shape index (κ1) is 11.3. The van der Waals surface area contributed by atoms with Gasteiger partial charge in [0.1, 0.15) is 0 Å². The maximum Gasteiger partial charge on any atom is 0.0552 e. The van der Waals surface area contributed by atoms with Crippen molar-refractivity contribution in [3.8, 4) is 0 Å². The Morgan fingerprint density at radius 1 is 1.55 bits per heavy atom. The minimum atomic E-state index is 0.627. The highest BCUT2D eigenvalue weighted by Gasteiger charge is 1.97. The molecule has 0 aromatic heterocycles. The third-order valence-corrected chi connectivity index (χ3v) is 2.54. The van der Waals surface area contributed by atoms with E-state index in [0.29, 0.717) is 6.04 Å². The summed E-state index contributed by atoms with van der Waals surface area (Å²) in [6.07, 6.45) is 0. The third-order valence-electron chi connectivity index (χ3n) is 1.35. The van der Waals surface area contributed by atoms with Gasteiger partial charge in [-0.1, -0.05) is 6.92 Å². The summed E-state index contributed by atoms with van der Waals surface area (Å²) in [5, 5.41) is 3.36. The number of ether oxygens (including phenoxy) is 1. The van der Waals surface area contributed by atoms with Crippen molar-refractivity contribution >= 4 is 11.8 Å². The molecule has 0 amide bonds. The van der Waals surface area contributed by atoms with E-state index in [0.717, 1.165) is 18.9 Å². The molecule has 0 saturated carbocycles. The molecule has 0 aliphatic heterocycles. The second kappa shape index (κ2) is 8.37. The fourth-order valence-electron chi connectivity index (χ4n) is 0.810. The number of rotatable bonds is 7. The first-order valence-corrected chi connectivity index (χ1v) is 5.26. The van der Waals surface area contributed by atoms with Crippen LogP contribution in [0, 0.1) is 0 Å². The minimum Gasteiger partial charge on any atom is -0.384 e. The van der Waals surface area contributed by atoms with Gasteiger partial charge in [0.15, 0.2) is 0 Å². The molecule has 0 aromatic carbocycles. The molecule has 0 spiro atoms. The summed E-state index contributed by atoms with van der Waals surface area (Å²) in [6.45, 7) is 6.27. The van der Waals surface area contributed by atoms with Crippen LogP contribution in [-0.2, 0) is 4.74 Å². The highest BCUT2D eigenvalue weighted by Crippen LogP contribution is 2.01. The van der Waals surface area contributed by atoms with Gasteiger partial charge in [0.25, 0.3) is 0 Å². The van der Waals surface area contributed by atoms with E-state index in [2.05, 4.69) is 19.2 Å². The molecule has 0 aliphatic rings. The zero-order chi connectivity index (χ0) is 8.53. The predicted molar refractivity (Wildman–Crippen MR) is 52.3 cm³/mol. The van der Waals surface area contributed by atoms with Crippen molar-refractivity contribution in [3.05, 3.63) is 0 Å². The van der Waals surface area contributed by atoms with E-state index in [1.807, 2.05) is 11.8 Å². The Hall–Kier alpha value is 0.270. The van der Waals surface area contributed by atoms with Crippen molar-refractivity contribution in [2.45, 2.75) is 19.9 Å². The summed E-state index contributed by atoms with van der Waals surface area (Å²) in [6, 6.07) is 0.627. The van der Waals surface area contributed by atoms with Crippen molar-refractivity contribution < 1.29 is 4.74 Å². The van der Waals surface area contributed by atoms with Crippen LogP contribution in [0.4, 0.5) is 0 Å². The van der Waals surface area contributed by atoms with Crippen LogP contribution in [-0.4, -0.2) is 37.8 Å². The molecule has 1 N–H and O–H groups in total. The van der Waals surface area contributed by atoms with Gasteiger partial charge in [0, 0.05) is 24.7 Å². The van der Waals surface area contributed by atoms with Gasteiger partial charge in [-0.2, -0.15) is 11.8 Å². The molecule has 0 saturated heterocycles. The van der Waals surface area contributed by atoms with Crippen LogP contribution in [0.3, 0.4) is 0 Å². The molecule has 0 bridgehead atoms. The lowest BCUT2D eigenvalue weighted by molar-refractivity contribution is 0.218. The Morgan fingerprint density at radius 3 is 2.82 bits per heavy atom. The van der Waals surface area contributed by atoms with Crippen LogP contribution < -0.4 is 5.32 Å². The SMILES string of the molecule is CCNC(C)CSCCOC. The van der Waals surface area contributed by atoms with Gasteiger partial charge >= 0.3 is 0 Å². The van der Waals surface area contributed by atoms with E-state index in [1.165, 1.54) is 5.75 Å². The van der Waals surface area contributed by atoms with E-state index < -0.39 is 0 Å². The van der Waals surface area contributed by atoms with Crippen molar-refractivity contribution in [3.63, 3.8) is 0 Å². The molecule has 0 rings (SSSR count). The lowest BCUT2D eigenvalue weighted by Crippen LogP contribution is -2.27. The maximum atomic E-state index is 4.94. The topological polar surface area (TPSA) is 21.3 Å². The van der Waals surface area contributed by atoms with Gasteiger partial charge < -0.3 is 10.1 Å². The van der Waals surface area contributed by atoms with Gasteiger partial charge in [-0.15, -0.1) is 0 Å². The average Bonchev–Trinajstić information content (AvgIpc) is 1.99. The van der Waals surface area contributed by atoms with Crippen molar-refractivity contribution in [1.82, 2.24) is 5.32 Å². The zero-order valence-electron chi connectivity index (χ0n) is 7.72. The molecule has 11 heavy (non-hydrogen) atoms. The molecule has 3 heteroatoms.